The minimum Gasteiger partial charge on any atom is -0.395 e. The Morgan fingerprint density at radius 3 is 2.69 bits per heavy atom. The van der Waals surface area contributed by atoms with Crippen LogP contribution in [0.5, 0.6) is 11.5 Å². The number of fused-ring (bicyclic) bond motifs is 3. The first kappa shape index (κ1) is 22.5. The first-order valence-electron chi connectivity index (χ1n) is 10.1. The number of aromatic nitrogens is 5. The highest BCUT2D eigenvalue weighted by Crippen LogP contribution is 2.44. The van der Waals surface area contributed by atoms with E-state index in [2.05, 4.69) is 35.8 Å². The average Bonchev–Trinajstić information content (AvgIpc) is 3.45. The third-order valence-corrected chi connectivity index (χ3v) is 7.01. The Hall–Kier alpha value is -4.25. The molecule has 14 heteroatoms. The summed E-state index contributed by atoms with van der Waals surface area (Å²) in [6, 6.07) is 3.95. The van der Waals surface area contributed by atoms with Gasteiger partial charge in [0.1, 0.15) is 17.1 Å². The maximum absolute atomic E-state index is 13.5. The third kappa shape index (κ3) is 3.51. The number of hydrogen-bond donors (Lipinski definition) is 1. The van der Waals surface area contributed by atoms with Gasteiger partial charge in [0.25, 0.3) is 5.91 Å². The van der Waals surface area contributed by atoms with Gasteiger partial charge in [-0.25, -0.2) is 22.9 Å². The van der Waals surface area contributed by atoms with E-state index in [1.54, 1.807) is 7.05 Å². The van der Waals surface area contributed by atoms with E-state index in [1.165, 1.54) is 35.9 Å². The van der Waals surface area contributed by atoms with Crippen LogP contribution in [0.15, 0.2) is 29.4 Å². The summed E-state index contributed by atoms with van der Waals surface area (Å²) in [6.45, 7) is 1.40. The zero-order valence-electron chi connectivity index (χ0n) is 18.2. The van der Waals surface area contributed by atoms with Crippen molar-refractivity contribution in [2.75, 3.05) is 12.3 Å². The van der Waals surface area contributed by atoms with Crippen LogP contribution >= 0.6 is 0 Å². The number of sulfone groups is 1. The molecule has 0 saturated carbocycles. The zero-order valence-corrected chi connectivity index (χ0v) is 19.1. The minimum absolute atomic E-state index is 0.00539. The topological polar surface area (TPSA) is 130 Å². The zero-order chi connectivity index (χ0) is 25.1. The average molecular weight is 502 g/mol. The number of carbonyl (C=O) groups excluding carboxylic acids is 1. The molecule has 0 radical (unpaired) electrons. The van der Waals surface area contributed by atoms with E-state index in [9.17, 15) is 22.0 Å². The lowest BCUT2D eigenvalue weighted by Gasteiger charge is -2.05. The molecule has 3 aromatic heterocycles. The molecule has 0 saturated heterocycles. The van der Waals surface area contributed by atoms with Crippen molar-refractivity contribution in [3.05, 3.63) is 30.1 Å². The minimum atomic E-state index is -3.92. The number of imidazole rings is 1. The maximum Gasteiger partial charge on any atom is 0.586 e. The normalized spacial score (nSPS) is 14.4. The van der Waals surface area contributed by atoms with E-state index < -0.39 is 22.0 Å². The van der Waals surface area contributed by atoms with Gasteiger partial charge in [0.15, 0.2) is 32.0 Å². The van der Waals surface area contributed by atoms with E-state index in [-0.39, 0.29) is 57.1 Å². The van der Waals surface area contributed by atoms with Crippen LogP contribution in [0.3, 0.4) is 0 Å². The van der Waals surface area contributed by atoms with Crippen molar-refractivity contribution in [2.24, 2.45) is 7.05 Å². The number of benzene rings is 1. The number of alkyl halides is 2. The predicted molar refractivity (Wildman–Crippen MR) is 118 cm³/mol. The van der Waals surface area contributed by atoms with E-state index in [1.807, 2.05) is 0 Å². The summed E-state index contributed by atoms with van der Waals surface area (Å²) in [5.74, 6) is 1.15. The predicted octanol–water partition coefficient (Wildman–Crippen LogP) is 1.76. The molecule has 1 N–H and O–H groups in total. The fraction of sp³-hybridized carbons (Fsp3) is 0.238. The fourth-order valence-electron chi connectivity index (χ4n) is 3.73. The molecule has 0 bridgehead atoms. The lowest BCUT2D eigenvalue weighted by atomic mass is 10.3. The standard InChI is InChI=1S/C21H16F2N6O5S/c1-4-7-25-19(30)12-6-8-24-17-16(20(27-29(12)17)35(31,32)5-2)18-26-11-9-14-15(10-13(11)28(18)3)34-21(22,23)33-14/h1,6,8-10H,5,7H2,2-3H3,(H,25,30). The van der Waals surface area contributed by atoms with E-state index in [0.29, 0.717) is 5.52 Å². The molecule has 4 aromatic rings. The summed E-state index contributed by atoms with van der Waals surface area (Å²) in [6.07, 6.45) is 2.73. The van der Waals surface area contributed by atoms with Crippen molar-refractivity contribution >= 4 is 32.4 Å². The van der Waals surface area contributed by atoms with Gasteiger partial charge in [-0.3, -0.25) is 4.79 Å². The van der Waals surface area contributed by atoms with E-state index in [0.717, 1.165) is 4.52 Å². The molecule has 35 heavy (non-hydrogen) atoms. The molecule has 180 valence electrons. The molecule has 5 rings (SSSR count). The van der Waals surface area contributed by atoms with Crippen molar-refractivity contribution in [2.45, 2.75) is 18.2 Å². The van der Waals surface area contributed by atoms with Crippen molar-refractivity contribution in [1.82, 2.24) is 29.5 Å². The van der Waals surface area contributed by atoms with Gasteiger partial charge in [0.05, 0.1) is 23.3 Å². The molecule has 1 aliphatic heterocycles. The number of nitrogens with zero attached hydrogens (tertiary/aromatic N) is 5. The van der Waals surface area contributed by atoms with Crippen LogP contribution in [0, 0.1) is 12.3 Å². The van der Waals surface area contributed by atoms with Crippen LogP contribution in [-0.4, -0.2) is 57.1 Å². The Morgan fingerprint density at radius 2 is 2.00 bits per heavy atom. The molecule has 0 atom stereocenters. The van der Waals surface area contributed by atoms with Gasteiger partial charge in [-0.05, 0) is 6.07 Å². The van der Waals surface area contributed by atoms with Crippen molar-refractivity contribution in [3.63, 3.8) is 0 Å². The molecular formula is C21H16F2N6O5S. The van der Waals surface area contributed by atoms with Crippen molar-refractivity contribution in [1.29, 1.82) is 0 Å². The molecule has 11 nitrogen and oxygen atoms in total. The molecule has 1 aromatic carbocycles. The van der Waals surface area contributed by atoms with Gasteiger partial charge >= 0.3 is 6.29 Å². The first-order chi connectivity index (χ1) is 16.6. The third-order valence-electron chi connectivity index (χ3n) is 5.37. The number of halogens is 2. The number of aryl methyl sites for hydroxylation is 1. The molecule has 1 aliphatic rings. The number of ether oxygens (including phenoxy) is 2. The van der Waals surface area contributed by atoms with Crippen molar-refractivity contribution in [3.8, 4) is 35.2 Å². The summed E-state index contributed by atoms with van der Waals surface area (Å²) >= 11 is 0. The highest BCUT2D eigenvalue weighted by atomic mass is 32.2. The Balaban J connectivity index is 1.78. The molecule has 0 aliphatic carbocycles. The Morgan fingerprint density at radius 1 is 1.29 bits per heavy atom. The van der Waals surface area contributed by atoms with Gasteiger partial charge in [-0.1, -0.05) is 12.8 Å². The van der Waals surface area contributed by atoms with Crippen LogP contribution in [0.2, 0.25) is 0 Å². The van der Waals surface area contributed by atoms with Crippen LogP contribution in [-0.2, 0) is 16.9 Å². The van der Waals surface area contributed by atoms with Crippen molar-refractivity contribution < 1.29 is 31.5 Å². The lowest BCUT2D eigenvalue weighted by molar-refractivity contribution is -0.286. The highest BCUT2D eigenvalue weighted by molar-refractivity contribution is 7.91. The molecule has 0 unspecified atom stereocenters. The largest absolute Gasteiger partial charge is 0.586 e. The van der Waals surface area contributed by atoms with Crippen LogP contribution in [0.25, 0.3) is 28.1 Å². The van der Waals surface area contributed by atoms with Gasteiger partial charge in [0.2, 0.25) is 0 Å². The molecule has 1 amide bonds. The molecule has 0 spiro atoms. The fourth-order valence-corrected chi connectivity index (χ4v) is 4.70. The highest BCUT2D eigenvalue weighted by Gasteiger charge is 2.44. The molecule has 4 heterocycles. The quantitative estimate of drug-likeness (QED) is 0.409. The number of nitrogens with one attached hydrogen (secondary N) is 1. The van der Waals surface area contributed by atoms with Gasteiger partial charge in [-0.2, -0.15) is 5.10 Å². The summed E-state index contributed by atoms with van der Waals surface area (Å²) in [4.78, 5) is 21.3. The number of amides is 1. The summed E-state index contributed by atoms with van der Waals surface area (Å²) in [5, 5.41) is 6.37. The summed E-state index contributed by atoms with van der Waals surface area (Å²) in [7, 11) is -2.35. The number of rotatable bonds is 5. The van der Waals surface area contributed by atoms with Crippen LogP contribution in [0.1, 0.15) is 17.4 Å². The molecule has 0 fully saturated rings. The Bertz CT molecular complexity index is 1690. The van der Waals surface area contributed by atoms with E-state index in [4.69, 9.17) is 6.42 Å². The monoisotopic (exact) mass is 502 g/mol. The van der Waals surface area contributed by atoms with Gasteiger partial charge in [-0.15, -0.1) is 15.2 Å². The van der Waals surface area contributed by atoms with E-state index >= 15 is 0 Å². The lowest BCUT2D eigenvalue weighted by Crippen LogP contribution is -2.26. The number of carbonyl (C=O) groups is 1. The van der Waals surface area contributed by atoms with Crippen LogP contribution < -0.4 is 14.8 Å². The Kier molecular flexibility index (Phi) is 4.92. The second-order valence-electron chi connectivity index (χ2n) is 7.49. The smallest absolute Gasteiger partial charge is 0.395 e. The first-order valence-corrected chi connectivity index (χ1v) is 11.8. The second kappa shape index (κ2) is 7.64. The maximum atomic E-state index is 13.5. The van der Waals surface area contributed by atoms with Gasteiger partial charge < -0.3 is 19.4 Å². The Labute approximate surface area is 196 Å². The molecular weight excluding hydrogens is 486 g/mol. The summed E-state index contributed by atoms with van der Waals surface area (Å²) < 4.78 is 64.5. The van der Waals surface area contributed by atoms with Crippen LogP contribution in [0.4, 0.5) is 8.78 Å². The van der Waals surface area contributed by atoms with Gasteiger partial charge in [0, 0.05) is 25.4 Å². The number of terminal acetylenes is 1. The second-order valence-corrected chi connectivity index (χ2v) is 9.68. The summed E-state index contributed by atoms with van der Waals surface area (Å²) in [5.41, 5.74) is 0.706. The number of hydrogen-bond acceptors (Lipinski definition) is 8. The SMILES string of the molecule is C#CCNC(=O)c1ccnc2c(-c3nc4cc5c(cc4n3C)OC(F)(F)O5)c(S(=O)(=O)CC)nn12.